The molecular weight excluding hydrogens is 294 g/mol. The zero-order chi connectivity index (χ0) is 14.8. The van der Waals surface area contributed by atoms with Crippen molar-refractivity contribution in [3.63, 3.8) is 0 Å². The Labute approximate surface area is 128 Å². The van der Waals surface area contributed by atoms with Gasteiger partial charge in [0, 0.05) is 45.3 Å². The molecule has 7 nitrogen and oxygen atoms in total. The van der Waals surface area contributed by atoms with Crippen molar-refractivity contribution in [1.82, 2.24) is 20.0 Å². The SMILES string of the molecule is O=c1c(Cl)c(N2CC(N3CCNCC3)C2)cnn1CCO. The van der Waals surface area contributed by atoms with Crippen LogP contribution in [0.4, 0.5) is 5.69 Å². The first-order valence-electron chi connectivity index (χ1n) is 7.27. The molecule has 116 valence electrons. The number of hydrogen-bond donors (Lipinski definition) is 2. The fraction of sp³-hybridized carbons (Fsp3) is 0.692. The van der Waals surface area contributed by atoms with Crippen LogP contribution in [-0.4, -0.2) is 71.7 Å². The summed E-state index contributed by atoms with van der Waals surface area (Å²) in [7, 11) is 0. The summed E-state index contributed by atoms with van der Waals surface area (Å²) in [6, 6.07) is 0.531. The number of aliphatic hydroxyl groups is 1. The van der Waals surface area contributed by atoms with Gasteiger partial charge >= 0.3 is 0 Å². The van der Waals surface area contributed by atoms with E-state index in [1.807, 2.05) is 0 Å². The van der Waals surface area contributed by atoms with E-state index in [0.717, 1.165) is 39.3 Å². The van der Waals surface area contributed by atoms with Crippen LogP contribution in [0.1, 0.15) is 0 Å². The van der Waals surface area contributed by atoms with E-state index < -0.39 is 0 Å². The van der Waals surface area contributed by atoms with Crippen molar-refractivity contribution in [2.45, 2.75) is 12.6 Å². The Hall–Kier alpha value is -1.15. The molecule has 2 aliphatic heterocycles. The smallest absolute Gasteiger partial charge is 0.287 e. The zero-order valence-corrected chi connectivity index (χ0v) is 12.6. The average molecular weight is 314 g/mol. The zero-order valence-electron chi connectivity index (χ0n) is 11.8. The molecule has 0 saturated carbocycles. The van der Waals surface area contributed by atoms with Crippen molar-refractivity contribution >= 4 is 17.3 Å². The lowest BCUT2D eigenvalue weighted by Gasteiger charge is -2.47. The van der Waals surface area contributed by atoms with E-state index in [-0.39, 0.29) is 23.7 Å². The van der Waals surface area contributed by atoms with E-state index in [1.54, 1.807) is 6.20 Å². The molecule has 3 heterocycles. The summed E-state index contributed by atoms with van der Waals surface area (Å²) in [5.74, 6) is 0. The first-order chi connectivity index (χ1) is 10.2. The monoisotopic (exact) mass is 313 g/mol. The Morgan fingerprint density at radius 2 is 2.10 bits per heavy atom. The number of hydrogen-bond acceptors (Lipinski definition) is 6. The first kappa shape index (κ1) is 14.8. The maximum absolute atomic E-state index is 12.0. The second kappa shape index (κ2) is 6.31. The minimum absolute atomic E-state index is 0.128. The second-order valence-electron chi connectivity index (χ2n) is 5.44. The van der Waals surface area contributed by atoms with E-state index in [2.05, 4.69) is 20.2 Å². The number of halogens is 1. The molecule has 1 aromatic rings. The molecule has 1 aromatic heterocycles. The number of nitrogens with zero attached hydrogens (tertiary/aromatic N) is 4. The van der Waals surface area contributed by atoms with Crippen LogP contribution < -0.4 is 15.8 Å². The van der Waals surface area contributed by atoms with Crippen LogP contribution in [-0.2, 0) is 6.54 Å². The molecule has 3 rings (SSSR count). The van der Waals surface area contributed by atoms with E-state index >= 15 is 0 Å². The summed E-state index contributed by atoms with van der Waals surface area (Å²) >= 11 is 6.15. The quantitative estimate of drug-likeness (QED) is 0.741. The Morgan fingerprint density at radius 3 is 2.76 bits per heavy atom. The number of piperazine rings is 1. The maximum atomic E-state index is 12.0. The number of nitrogens with one attached hydrogen (secondary N) is 1. The van der Waals surface area contributed by atoms with Gasteiger partial charge < -0.3 is 15.3 Å². The van der Waals surface area contributed by atoms with Gasteiger partial charge in [-0.15, -0.1) is 0 Å². The molecule has 0 amide bonds. The topological polar surface area (TPSA) is 73.6 Å². The normalized spacial score (nSPS) is 20.6. The molecule has 2 saturated heterocycles. The molecule has 2 fully saturated rings. The van der Waals surface area contributed by atoms with Crippen molar-refractivity contribution in [3.8, 4) is 0 Å². The highest BCUT2D eigenvalue weighted by molar-refractivity contribution is 6.33. The van der Waals surface area contributed by atoms with Gasteiger partial charge in [-0.1, -0.05) is 11.6 Å². The van der Waals surface area contributed by atoms with Gasteiger partial charge in [-0.25, -0.2) is 4.68 Å². The molecule has 0 bridgehead atoms. The van der Waals surface area contributed by atoms with Crippen LogP contribution in [0.2, 0.25) is 5.02 Å². The van der Waals surface area contributed by atoms with Crippen molar-refractivity contribution in [2.24, 2.45) is 0 Å². The number of aromatic nitrogens is 2. The molecular formula is C13H20ClN5O2. The summed E-state index contributed by atoms with van der Waals surface area (Å²) < 4.78 is 1.19. The van der Waals surface area contributed by atoms with Crippen LogP contribution in [0.3, 0.4) is 0 Å². The molecule has 0 radical (unpaired) electrons. The van der Waals surface area contributed by atoms with E-state index in [4.69, 9.17) is 16.7 Å². The molecule has 8 heteroatoms. The van der Waals surface area contributed by atoms with Gasteiger partial charge in [-0.05, 0) is 0 Å². The minimum Gasteiger partial charge on any atom is -0.394 e. The maximum Gasteiger partial charge on any atom is 0.287 e. The third kappa shape index (κ3) is 2.91. The van der Waals surface area contributed by atoms with E-state index in [1.165, 1.54) is 4.68 Å². The van der Waals surface area contributed by atoms with Gasteiger partial charge in [0.25, 0.3) is 5.56 Å². The predicted molar refractivity (Wildman–Crippen MR) is 81.0 cm³/mol. The molecule has 0 unspecified atom stereocenters. The molecule has 0 atom stereocenters. The van der Waals surface area contributed by atoms with Gasteiger partial charge in [0.15, 0.2) is 0 Å². The number of aliphatic hydroxyl groups excluding tert-OH is 1. The number of rotatable bonds is 4. The van der Waals surface area contributed by atoms with Crippen molar-refractivity contribution in [1.29, 1.82) is 0 Å². The van der Waals surface area contributed by atoms with Crippen LogP contribution in [0.25, 0.3) is 0 Å². The summed E-state index contributed by atoms with van der Waals surface area (Å²) in [5.41, 5.74) is 0.357. The highest BCUT2D eigenvalue weighted by atomic mass is 35.5. The Kier molecular flexibility index (Phi) is 4.44. The molecule has 21 heavy (non-hydrogen) atoms. The van der Waals surface area contributed by atoms with Gasteiger partial charge in [0.05, 0.1) is 25.0 Å². The van der Waals surface area contributed by atoms with Crippen molar-refractivity contribution < 1.29 is 5.11 Å². The third-order valence-electron chi connectivity index (χ3n) is 4.15. The lowest BCUT2D eigenvalue weighted by atomic mass is 10.1. The Balaban J connectivity index is 1.66. The number of anilines is 1. The molecule has 0 aromatic carbocycles. The summed E-state index contributed by atoms with van der Waals surface area (Å²) in [6.45, 7) is 6.02. The highest BCUT2D eigenvalue weighted by Crippen LogP contribution is 2.27. The van der Waals surface area contributed by atoms with E-state index in [9.17, 15) is 4.79 Å². The van der Waals surface area contributed by atoms with Crippen molar-refractivity contribution in [3.05, 3.63) is 21.6 Å². The molecule has 0 aliphatic carbocycles. The summed E-state index contributed by atoms with van der Waals surface area (Å²) in [6.07, 6.45) is 1.62. The molecule has 2 N–H and O–H groups in total. The van der Waals surface area contributed by atoms with Crippen LogP contribution in [0, 0.1) is 0 Å². The van der Waals surface area contributed by atoms with Crippen LogP contribution in [0.5, 0.6) is 0 Å². The summed E-state index contributed by atoms with van der Waals surface area (Å²) in [4.78, 5) is 16.6. The van der Waals surface area contributed by atoms with Gasteiger partial charge in [-0.3, -0.25) is 9.69 Å². The van der Waals surface area contributed by atoms with Gasteiger partial charge in [-0.2, -0.15) is 5.10 Å². The van der Waals surface area contributed by atoms with Crippen LogP contribution in [0.15, 0.2) is 11.0 Å². The lowest BCUT2D eigenvalue weighted by molar-refractivity contribution is 0.147. The first-order valence-corrected chi connectivity index (χ1v) is 7.64. The lowest BCUT2D eigenvalue weighted by Crippen LogP contribution is -2.63. The highest BCUT2D eigenvalue weighted by Gasteiger charge is 2.34. The summed E-state index contributed by atoms with van der Waals surface area (Å²) in [5, 5.41) is 16.5. The Bertz CT molecular complexity index is 552. The standard InChI is InChI=1S/C13H20ClN5O2/c14-12-11(7-16-19(5-6-20)13(12)21)18-8-10(9-18)17-3-1-15-2-4-17/h7,10,15,20H,1-6,8-9H2. The minimum atomic E-state index is -0.339. The second-order valence-corrected chi connectivity index (χ2v) is 5.82. The van der Waals surface area contributed by atoms with Gasteiger partial charge in [0.1, 0.15) is 5.02 Å². The molecule has 0 spiro atoms. The van der Waals surface area contributed by atoms with Crippen molar-refractivity contribution in [2.75, 3.05) is 50.8 Å². The Morgan fingerprint density at radius 1 is 1.38 bits per heavy atom. The van der Waals surface area contributed by atoms with Crippen LogP contribution >= 0.6 is 11.6 Å². The predicted octanol–water partition coefficient (Wildman–Crippen LogP) is -1.02. The third-order valence-corrected chi connectivity index (χ3v) is 4.50. The fourth-order valence-electron chi connectivity index (χ4n) is 2.86. The van der Waals surface area contributed by atoms with E-state index in [0.29, 0.717) is 11.7 Å². The fourth-order valence-corrected chi connectivity index (χ4v) is 3.13. The average Bonchev–Trinajstić information content (AvgIpc) is 2.46. The van der Waals surface area contributed by atoms with Gasteiger partial charge in [0.2, 0.25) is 0 Å². The largest absolute Gasteiger partial charge is 0.394 e. The molecule has 2 aliphatic rings.